The Hall–Kier alpha value is -1.20. The number of benzene rings is 1. The quantitative estimate of drug-likeness (QED) is 0.787. The van der Waals surface area contributed by atoms with Gasteiger partial charge in [0.1, 0.15) is 0 Å². The van der Waals surface area contributed by atoms with E-state index in [0.717, 1.165) is 6.07 Å². The largest absolute Gasteiger partial charge is 0.479 e. The number of aliphatic carboxylic acids is 1. The van der Waals surface area contributed by atoms with Crippen LogP contribution < -0.4 is 0 Å². The molecule has 0 aromatic heterocycles. The third-order valence-electron chi connectivity index (χ3n) is 2.53. The topological polar surface area (TPSA) is 57.5 Å². The SMILES string of the molecule is O=C(O)C(O)c1cc(C(F)F)ccc1CCCCl. The Morgan fingerprint density at radius 1 is 1.39 bits per heavy atom. The van der Waals surface area contributed by atoms with Gasteiger partial charge >= 0.3 is 5.97 Å². The van der Waals surface area contributed by atoms with Crippen molar-refractivity contribution in [1.29, 1.82) is 0 Å². The lowest BCUT2D eigenvalue weighted by Gasteiger charge is -2.14. The summed E-state index contributed by atoms with van der Waals surface area (Å²) in [5.41, 5.74) is 0.222. The number of aryl methyl sites for hydroxylation is 1. The van der Waals surface area contributed by atoms with Gasteiger partial charge in [0.25, 0.3) is 6.43 Å². The van der Waals surface area contributed by atoms with E-state index in [1.807, 2.05) is 0 Å². The van der Waals surface area contributed by atoms with Crippen LogP contribution in [0.4, 0.5) is 8.78 Å². The first kappa shape index (κ1) is 14.9. The van der Waals surface area contributed by atoms with Crippen molar-refractivity contribution in [2.45, 2.75) is 25.4 Å². The smallest absolute Gasteiger partial charge is 0.337 e. The first-order valence-corrected chi connectivity index (χ1v) is 5.88. The first-order chi connectivity index (χ1) is 8.47. The lowest BCUT2D eigenvalue weighted by molar-refractivity contribution is -0.147. The predicted molar refractivity (Wildman–Crippen MR) is 63.0 cm³/mol. The molecule has 6 heteroatoms. The highest BCUT2D eigenvalue weighted by atomic mass is 35.5. The minimum atomic E-state index is -2.70. The fourth-order valence-electron chi connectivity index (χ4n) is 1.62. The van der Waals surface area contributed by atoms with Gasteiger partial charge < -0.3 is 10.2 Å². The van der Waals surface area contributed by atoms with Crippen LogP contribution in [-0.2, 0) is 11.2 Å². The summed E-state index contributed by atoms with van der Waals surface area (Å²) in [5, 5.41) is 18.3. The number of halogens is 3. The van der Waals surface area contributed by atoms with E-state index in [-0.39, 0.29) is 11.1 Å². The second-order valence-electron chi connectivity index (χ2n) is 3.79. The van der Waals surface area contributed by atoms with Crippen molar-refractivity contribution in [1.82, 2.24) is 0 Å². The summed E-state index contributed by atoms with van der Waals surface area (Å²) < 4.78 is 25.1. The van der Waals surface area contributed by atoms with E-state index in [4.69, 9.17) is 16.7 Å². The van der Waals surface area contributed by atoms with Crippen LogP contribution in [0.1, 0.15) is 35.6 Å². The van der Waals surface area contributed by atoms with Crippen LogP contribution in [0, 0.1) is 0 Å². The van der Waals surface area contributed by atoms with Crippen LogP contribution in [0.15, 0.2) is 18.2 Å². The van der Waals surface area contributed by atoms with E-state index >= 15 is 0 Å². The number of aliphatic hydroxyl groups excluding tert-OH is 1. The monoisotopic (exact) mass is 278 g/mol. The molecule has 18 heavy (non-hydrogen) atoms. The Kier molecular flexibility index (Phi) is 5.50. The van der Waals surface area contributed by atoms with Crippen LogP contribution in [0.3, 0.4) is 0 Å². The number of carbonyl (C=O) groups is 1. The van der Waals surface area contributed by atoms with E-state index in [1.54, 1.807) is 0 Å². The Labute approximate surface area is 108 Å². The molecule has 2 N–H and O–H groups in total. The molecule has 0 fully saturated rings. The maximum Gasteiger partial charge on any atom is 0.337 e. The van der Waals surface area contributed by atoms with Crippen molar-refractivity contribution in [3.05, 3.63) is 34.9 Å². The van der Waals surface area contributed by atoms with E-state index in [0.29, 0.717) is 24.3 Å². The van der Waals surface area contributed by atoms with Crippen molar-refractivity contribution in [2.75, 3.05) is 5.88 Å². The van der Waals surface area contributed by atoms with Gasteiger partial charge in [-0.25, -0.2) is 13.6 Å². The van der Waals surface area contributed by atoms with Gasteiger partial charge in [0.15, 0.2) is 6.10 Å². The molecule has 1 rings (SSSR count). The van der Waals surface area contributed by atoms with E-state index in [9.17, 15) is 18.7 Å². The van der Waals surface area contributed by atoms with Gasteiger partial charge in [0.2, 0.25) is 0 Å². The predicted octanol–water partition coefficient (Wildman–Crippen LogP) is 2.91. The Balaban J connectivity index is 3.13. The number of alkyl halides is 3. The molecule has 1 atom stereocenters. The molecule has 100 valence electrons. The number of aliphatic hydroxyl groups is 1. The normalized spacial score (nSPS) is 12.7. The molecular weight excluding hydrogens is 266 g/mol. The molecule has 0 heterocycles. The van der Waals surface area contributed by atoms with Crippen LogP contribution >= 0.6 is 11.6 Å². The Morgan fingerprint density at radius 3 is 2.56 bits per heavy atom. The Morgan fingerprint density at radius 2 is 2.06 bits per heavy atom. The molecule has 1 aromatic rings. The molecule has 0 aliphatic rings. The van der Waals surface area contributed by atoms with Gasteiger partial charge in [-0.3, -0.25) is 0 Å². The van der Waals surface area contributed by atoms with Crippen molar-refractivity contribution in [3.8, 4) is 0 Å². The number of hydrogen-bond donors (Lipinski definition) is 2. The van der Waals surface area contributed by atoms with Crippen LogP contribution in [-0.4, -0.2) is 22.1 Å². The standard InChI is InChI=1S/C12H13ClF2O3/c13-5-1-2-7-3-4-8(11(14)15)6-9(7)10(16)12(17)18/h3-4,6,10-11,16H,1-2,5H2,(H,17,18). The zero-order valence-electron chi connectivity index (χ0n) is 9.44. The third-order valence-corrected chi connectivity index (χ3v) is 2.80. The second kappa shape index (κ2) is 6.66. The molecule has 0 bridgehead atoms. The molecule has 3 nitrogen and oxygen atoms in total. The average Bonchev–Trinajstić information content (AvgIpc) is 2.34. The minimum Gasteiger partial charge on any atom is -0.479 e. The molecule has 0 aliphatic heterocycles. The molecule has 0 radical (unpaired) electrons. The molecule has 0 saturated carbocycles. The molecule has 0 saturated heterocycles. The van der Waals surface area contributed by atoms with Crippen molar-refractivity contribution in [2.24, 2.45) is 0 Å². The maximum atomic E-state index is 12.5. The maximum absolute atomic E-state index is 12.5. The molecule has 0 aliphatic carbocycles. The van der Waals surface area contributed by atoms with Gasteiger partial charge in [0.05, 0.1) is 0 Å². The highest BCUT2D eigenvalue weighted by Gasteiger charge is 2.21. The second-order valence-corrected chi connectivity index (χ2v) is 4.17. The summed E-state index contributed by atoms with van der Waals surface area (Å²) >= 11 is 5.53. The molecule has 0 amide bonds. The van der Waals surface area contributed by atoms with Crippen LogP contribution in [0.25, 0.3) is 0 Å². The summed E-state index contributed by atoms with van der Waals surface area (Å²) in [6.45, 7) is 0. The number of carboxylic acid groups (broad SMARTS) is 1. The first-order valence-electron chi connectivity index (χ1n) is 5.35. The van der Waals surface area contributed by atoms with E-state index in [2.05, 4.69) is 0 Å². The summed E-state index contributed by atoms with van der Waals surface area (Å²) in [5.74, 6) is -1.09. The summed E-state index contributed by atoms with van der Waals surface area (Å²) in [6, 6.07) is 3.68. The fourth-order valence-corrected chi connectivity index (χ4v) is 1.76. The highest BCUT2D eigenvalue weighted by molar-refractivity contribution is 6.17. The molecule has 1 unspecified atom stereocenters. The summed E-state index contributed by atoms with van der Waals surface area (Å²) in [7, 11) is 0. The van der Waals surface area contributed by atoms with Crippen LogP contribution in [0.5, 0.6) is 0 Å². The fraction of sp³-hybridized carbons (Fsp3) is 0.417. The number of carboxylic acids is 1. The van der Waals surface area contributed by atoms with Gasteiger partial charge in [-0.1, -0.05) is 12.1 Å². The average molecular weight is 279 g/mol. The number of hydrogen-bond acceptors (Lipinski definition) is 2. The van der Waals surface area contributed by atoms with Crippen LogP contribution in [0.2, 0.25) is 0 Å². The molecular formula is C12H13ClF2O3. The van der Waals surface area contributed by atoms with E-state index in [1.165, 1.54) is 12.1 Å². The van der Waals surface area contributed by atoms with Gasteiger partial charge in [-0.05, 0) is 30.0 Å². The summed E-state index contributed by atoms with van der Waals surface area (Å²) in [4.78, 5) is 10.7. The lowest BCUT2D eigenvalue weighted by Crippen LogP contribution is -2.13. The van der Waals surface area contributed by atoms with Gasteiger partial charge in [0, 0.05) is 11.4 Å². The van der Waals surface area contributed by atoms with Crippen molar-refractivity contribution in [3.63, 3.8) is 0 Å². The molecule has 1 aromatic carbocycles. The zero-order chi connectivity index (χ0) is 13.7. The van der Waals surface area contributed by atoms with Crippen molar-refractivity contribution >= 4 is 17.6 Å². The lowest BCUT2D eigenvalue weighted by atomic mass is 9.96. The number of rotatable bonds is 6. The third kappa shape index (κ3) is 3.65. The van der Waals surface area contributed by atoms with Gasteiger partial charge in [-0.2, -0.15) is 0 Å². The van der Waals surface area contributed by atoms with E-state index < -0.39 is 18.5 Å². The molecule has 0 spiro atoms. The summed E-state index contributed by atoms with van der Waals surface area (Å²) in [6.07, 6.45) is -3.48. The van der Waals surface area contributed by atoms with Crippen molar-refractivity contribution < 1.29 is 23.8 Å². The Bertz CT molecular complexity index is 424. The zero-order valence-corrected chi connectivity index (χ0v) is 10.2. The minimum absolute atomic E-state index is 0.00502. The van der Waals surface area contributed by atoms with Gasteiger partial charge in [-0.15, -0.1) is 11.6 Å². The highest BCUT2D eigenvalue weighted by Crippen LogP contribution is 2.26.